The number of ether oxygens (including phenoxy) is 3. The Kier molecular flexibility index (Phi) is 34.7. The minimum absolute atomic E-state index is 0. The van der Waals surface area contributed by atoms with Gasteiger partial charge in [0.05, 0.1) is 31.0 Å². The minimum atomic E-state index is -0.639. The topological polar surface area (TPSA) is 122 Å². The molecular formula is C59H131N5O7Y5. The van der Waals surface area contributed by atoms with E-state index in [0.29, 0.717) is 35.4 Å². The summed E-state index contributed by atoms with van der Waals surface area (Å²) in [5.74, 6) is 1.09. The van der Waals surface area contributed by atoms with E-state index in [2.05, 4.69) is 217 Å². The summed E-state index contributed by atoms with van der Waals surface area (Å²) >= 11 is 0. The van der Waals surface area contributed by atoms with E-state index in [4.69, 9.17) is 30.5 Å². The zero-order valence-corrected chi connectivity index (χ0v) is 69.3. The summed E-state index contributed by atoms with van der Waals surface area (Å²) in [7, 11) is 12.5. The van der Waals surface area contributed by atoms with Crippen LogP contribution in [0.4, 0.5) is 0 Å². The summed E-state index contributed by atoms with van der Waals surface area (Å²) in [5.41, 5.74) is 1.49. The van der Waals surface area contributed by atoms with E-state index in [-0.39, 0.29) is 216 Å². The third-order valence-corrected chi connectivity index (χ3v) is 18.3. The zero-order chi connectivity index (χ0) is 66.9. The van der Waals surface area contributed by atoms with Crippen LogP contribution in [0.2, 0.25) is 0 Å². The molecule has 449 valence electrons. The van der Waals surface area contributed by atoms with Crippen LogP contribution in [0.25, 0.3) is 1.43 Å². The average molecular weight is 1490 g/mol. The molecule has 0 aromatic rings. The number of aliphatic hydroxyl groups is 2. The summed E-state index contributed by atoms with van der Waals surface area (Å²) in [4.78, 5) is 23.1. The van der Waals surface area contributed by atoms with E-state index in [9.17, 15) is 15.0 Å². The fourth-order valence-electron chi connectivity index (χ4n) is 14.2. The van der Waals surface area contributed by atoms with Crippen LogP contribution in [-0.2, 0) is 183 Å². The van der Waals surface area contributed by atoms with Crippen molar-refractivity contribution in [2.45, 2.75) is 303 Å². The van der Waals surface area contributed by atoms with Crippen molar-refractivity contribution < 1.29 is 213 Å². The minimum Gasteiger partial charge on any atom is -0.480 e. The molecule has 0 spiro atoms. The van der Waals surface area contributed by atoms with Crippen LogP contribution in [-0.4, -0.2) is 187 Å². The number of carboxylic acid groups (broad SMARTS) is 1. The number of hydrogen-bond acceptors (Lipinski definition) is 12. The third-order valence-electron chi connectivity index (χ3n) is 18.3. The maximum Gasteiger partial charge on any atom is 0.329 e. The molecule has 5 aliphatic heterocycles. The monoisotopic (exact) mass is 1490 g/mol. The van der Waals surface area contributed by atoms with Crippen molar-refractivity contribution in [3.05, 3.63) is 0 Å². The first kappa shape index (κ1) is 76.7. The first-order chi connectivity index (χ1) is 37.0. The molecule has 5 fully saturated rings. The van der Waals surface area contributed by atoms with E-state index in [0.717, 1.165) is 50.4 Å². The third kappa shape index (κ3) is 28.2. The number of piperidine rings is 5. The largest absolute Gasteiger partial charge is 0.480 e. The Morgan fingerprint density at radius 1 is 0.487 bits per heavy atom. The molecule has 0 amide bonds. The summed E-state index contributed by atoms with van der Waals surface area (Å²) in [6, 6.07) is 0. The molecule has 5 radical (unpaired) electrons. The van der Waals surface area contributed by atoms with Gasteiger partial charge in [0.25, 0.3) is 1.43 Å². The number of likely N-dealkylation sites (tertiary alicyclic amines) is 5. The van der Waals surface area contributed by atoms with Crippen molar-refractivity contribution in [3.8, 4) is 0 Å². The Bertz CT molecular complexity index is 1590. The van der Waals surface area contributed by atoms with Gasteiger partial charge in [-0.1, -0.05) is 13.8 Å². The Balaban J connectivity index is -0.000000102. The quantitative estimate of drug-likeness (QED) is 0.215. The van der Waals surface area contributed by atoms with Crippen molar-refractivity contribution in [2.24, 2.45) is 11.8 Å². The van der Waals surface area contributed by atoms with Crippen LogP contribution in [0.1, 0.15) is 238 Å². The van der Waals surface area contributed by atoms with Crippen molar-refractivity contribution >= 4 is 5.97 Å². The van der Waals surface area contributed by atoms with E-state index in [1.54, 1.807) is 7.11 Å². The second-order valence-electron chi connectivity index (χ2n) is 30.0. The Morgan fingerprint density at radius 3 is 0.974 bits per heavy atom. The molecule has 1 atom stereocenters. The van der Waals surface area contributed by atoms with Crippen molar-refractivity contribution in [3.63, 3.8) is 0 Å². The SMILES string of the molecule is CC1CC(C)(C)N(C)C(C)(C)C1.CC1CC(C)(C)N(C)C(C)(C)C1.CN1C(C)(C)CC(C)(O)CC1(C)C.COCC(O)COC1CC(C)(C)N(C)C(C)(C)C1.[3H]OC(=O)COC1CC(C)(C)N(C)C(C)(C)C1.[3H][3H].[3H][3H].[3H][3H].[3H][3H].[3H][3H].[Y].[Y].[Y].[Y].[Y]. The second-order valence-corrected chi connectivity index (χ2v) is 30.0. The van der Waals surface area contributed by atoms with Crippen LogP contribution < -0.4 is 0 Å². The van der Waals surface area contributed by atoms with E-state index < -0.39 is 17.7 Å². The van der Waals surface area contributed by atoms with Crippen molar-refractivity contribution in [1.29, 1.82) is 1.43 Å². The van der Waals surface area contributed by atoms with Crippen LogP contribution in [0, 0.1) is 11.8 Å². The molecule has 0 aromatic carbocycles. The van der Waals surface area contributed by atoms with Gasteiger partial charge >= 0.3 is 5.97 Å². The van der Waals surface area contributed by atoms with Gasteiger partial charge in [-0.05, 0) is 257 Å². The second kappa shape index (κ2) is 34.4. The number of aliphatic hydroxyl groups excluding tert-OH is 1. The number of aliphatic carboxylic acids is 1. The number of carboxylic acids is 1. The van der Waals surface area contributed by atoms with Crippen molar-refractivity contribution in [2.75, 3.05) is 62.2 Å². The smallest absolute Gasteiger partial charge is 0.329 e. The molecule has 0 saturated carbocycles. The van der Waals surface area contributed by atoms with Gasteiger partial charge in [0.15, 0.2) is 0 Å². The first-order valence-electron chi connectivity index (χ1n) is 32.8. The number of carbonyl (C=O) groups is 1. The van der Waals surface area contributed by atoms with Crippen LogP contribution >= 0.6 is 0 Å². The molecule has 5 rings (SSSR count). The molecule has 3 N–H and O–H groups in total. The van der Waals surface area contributed by atoms with Gasteiger partial charge in [-0.2, -0.15) is 0 Å². The number of hydrogen-bond donors (Lipinski definition) is 3. The van der Waals surface area contributed by atoms with E-state index >= 15 is 0 Å². The van der Waals surface area contributed by atoms with Gasteiger partial charge in [0.2, 0.25) is 0 Å². The predicted molar refractivity (Wildman–Crippen MR) is 310 cm³/mol. The molecule has 5 saturated heterocycles. The molecule has 5 heterocycles. The van der Waals surface area contributed by atoms with Crippen LogP contribution in [0.15, 0.2) is 0 Å². The maximum atomic E-state index is 10.9. The molecule has 12 nitrogen and oxygen atoms in total. The fraction of sp³-hybridized carbons (Fsp3) is 0.983. The molecule has 17 heteroatoms. The Morgan fingerprint density at radius 2 is 0.724 bits per heavy atom. The molecule has 0 bridgehead atoms. The van der Waals surface area contributed by atoms with Crippen LogP contribution in [0.3, 0.4) is 0 Å². The maximum absolute atomic E-state index is 10.9. The zero-order valence-electron chi connectivity index (χ0n) is 66.1. The van der Waals surface area contributed by atoms with Gasteiger partial charge in [-0.3, -0.25) is 24.5 Å². The van der Waals surface area contributed by atoms with Gasteiger partial charge < -0.3 is 29.5 Å². The summed E-state index contributed by atoms with van der Waals surface area (Å²) < 4.78 is 72.8. The van der Waals surface area contributed by atoms with Gasteiger partial charge in [-0.25, -0.2) is 4.79 Å². The van der Waals surface area contributed by atoms with Gasteiger partial charge in [-0.15, -0.1) is 0 Å². The number of methoxy groups -OCH3 is 1. The molecular weight excluding hydrogens is 1340 g/mol. The number of rotatable bonds is 8. The van der Waals surface area contributed by atoms with Crippen LogP contribution in [0.5, 0.6) is 0 Å². The predicted octanol–water partition coefficient (Wildman–Crippen LogP) is 12.4. The molecule has 5 aliphatic rings. The van der Waals surface area contributed by atoms with Gasteiger partial charge in [0.1, 0.15) is 12.7 Å². The summed E-state index contributed by atoms with van der Waals surface area (Å²) in [6.45, 7) is 52.5. The standard InChI is InChI=1S/C14H29NO3.C12H23NO3.C11H23NO.2C11H23N.5Y.5H2/c1-13(2)7-12(8-14(3,4)15(13)5)18-10-11(16)9-17-6;1-11(2)6-9(16-8-10(14)15)7-12(3,4)13(11)5;1-9(2)7-11(5,13)8-10(3,4)12(9)6;2*1-9-7-10(2,3)12(6)11(4,5)8-9;;;;;;;;;;/h11-12,16H,7-10H2,1-6H3;9H,6-8H2,1-5H3,(H,14,15);13H,7-8H2,1-6H3;2*9H,7-8H2,1-6H3;;;;;;5*1H/i;;;;;;;;;;5*1+2T/hT. The molecule has 1 unspecified atom stereocenters. The Labute approximate surface area is 613 Å². The average Bonchev–Trinajstić information content (AvgIpc) is 3.34. The van der Waals surface area contributed by atoms with E-state index in [1.807, 2.05) is 6.92 Å². The normalized spacial score (nSPS) is 27.3. The van der Waals surface area contributed by atoms with Gasteiger partial charge in [0, 0.05) is 241 Å². The fourth-order valence-corrected chi connectivity index (χ4v) is 14.2. The molecule has 0 aromatic heterocycles. The molecule has 0 aliphatic carbocycles. The Hall–Kier alpha value is 4.59. The summed E-state index contributed by atoms with van der Waals surface area (Å²) in [6.07, 6.45) is 10.4. The van der Waals surface area contributed by atoms with Crippen molar-refractivity contribution in [1.82, 2.24) is 24.5 Å². The summed E-state index contributed by atoms with van der Waals surface area (Å²) in [5, 5.41) is 23.6. The number of nitrogens with zero attached hydrogens (tertiary/aromatic N) is 5. The first-order valence-corrected chi connectivity index (χ1v) is 27.4. The molecule has 76 heavy (non-hydrogen) atoms. The van der Waals surface area contributed by atoms with E-state index in [1.165, 1.54) is 25.7 Å².